The van der Waals surface area contributed by atoms with Crippen LogP contribution in [0.1, 0.15) is 46.3 Å². The van der Waals surface area contributed by atoms with Gasteiger partial charge in [0.25, 0.3) is 0 Å². The van der Waals surface area contributed by atoms with Gasteiger partial charge in [-0.25, -0.2) is 0 Å². The van der Waals surface area contributed by atoms with Crippen molar-refractivity contribution in [1.82, 2.24) is 10.1 Å². The summed E-state index contributed by atoms with van der Waals surface area (Å²) in [4.78, 5) is 15.3. The van der Waals surface area contributed by atoms with Crippen molar-refractivity contribution in [2.45, 2.75) is 51.0 Å². The summed E-state index contributed by atoms with van der Waals surface area (Å²) in [5.41, 5.74) is -0.180. The van der Waals surface area contributed by atoms with Crippen LogP contribution in [0.25, 0.3) is 0 Å². The van der Waals surface area contributed by atoms with E-state index in [1.807, 2.05) is 34.6 Å². The Morgan fingerprint density at radius 3 is 2.44 bits per heavy atom. The molecule has 1 N–H and O–H groups in total. The molecular weight excluding hydrogens is 252 g/mol. The van der Waals surface area contributed by atoms with E-state index in [1.165, 1.54) is 11.8 Å². The van der Waals surface area contributed by atoms with Gasteiger partial charge in [-0.2, -0.15) is 4.98 Å². The Kier molecular flexibility index (Phi) is 4.78. The lowest BCUT2D eigenvalue weighted by atomic mass is 9.97. The number of aromatic nitrogens is 2. The highest BCUT2D eigenvalue weighted by Crippen LogP contribution is 2.25. The van der Waals surface area contributed by atoms with Gasteiger partial charge < -0.3 is 9.63 Å². The molecule has 1 aromatic rings. The number of rotatable bonds is 5. The Morgan fingerprint density at radius 2 is 2.06 bits per heavy atom. The molecule has 1 atom stereocenters. The van der Waals surface area contributed by atoms with Crippen molar-refractivity contribution in [3.63, 3.8) is 0 Å². The minimum Gasteiger partial charge on any atom is -0.480 e. The van der Waals surface area contributed by atoms with E-state index in [1.54, 1.807) is 0 Å². The van der Waals surface area contributed by atoms with Crippen molar-refractivity contribution in [3.8, 4) is 0 Å². The van der Waals surface area contributed by atoms with Gasteiger partial charge in [-0.05, 0) is 5.92 Å². The molecule has 5 nitrogen and oxygen atoms in total. The zero-order valence-electron chi connectivity index (χ0n) is 11.4. The molecule has 0 spiro atoms. The zero-order chi connectivity index (χ0) is 13.9. The Balaban J connectivity index is 2.63. The third-order valence-corrected chi connectivity index (χ3v) is 3.88. The van der Waals surface area contributed by atoms with Crippen LogP contribution in [0.4, 0.5) is 0 Å². The Labute approximate surface area is 111 Å². The van der Waals surface area contributed by atoms with Crippen LogP contribution in [0.5, 0.6) is 0 Å². The molecule has 0 saturated heterocycles. The summed E-state index contributed by atoms with van der Waals surface area (Å²) < 4.78 is 5.16. The van der Waals surface area contributed by atoms with Gasteiger partial charge in [0.2, 0.25) is 5.89 Å². The van der Waals surface area contributed by atoms with Crippen LogP contribution in [0.3, 0.4) is 0 Å². The molecule has 6 heteroatoms. The topological polar surface area (TPSA) is 76.2 Å². The number of carbonyl (C=O) groups is 1. The summed E-state index contributed by atoms with van der Waals surface area (Å²) in [5.74, 6) is 0.858. The normalized spacial score (nSPS) is 13.9. The standard InChI is InChI=1S/C12H20N2O3S/c1-7(2)9(10(15)16)18-6-8-13-11(17-14-8)12(3,4)5/h7,9H,6H2,1-5H3,(H,15,16). The second kappa shape index (κ2) is 5.73. The van der Waals surface area contributed by atoms with E-state index in [9.17, 15) is 4.79 Å². The van der Waals surface area contributed by atoms with E-state index in [0.29, 0.717) is 17.5 Å². The van der Waals surface area contributed by atoms with Gasteiger partial charge in [-0.1, -0.05) is 39.8 Å². The number of carboxylic acids is 1. The fraction of sp³-hybridized carbons (Fsp3) is 0.750. The monoisotopic (exact) mass is 272 g/mol. The minimum atomic E-state index is -0.797. The van der Waals surface area contributed by atoms with Crippen LogP contribution in [0.2, 0.25) is 0 Å². The molecular formula is C12H20N2O3S. The molecule has 1 heterocycles. The highest BCUT2D eigenvalue weighted by Gasteiger charge is 2.25. The van der Waals surface area contributed by atoms with Gasteiger partial charge >= 0.3 is 5.97 Å². The van der Waals surface area contributed by atoms with E-state index in [0.717, 1.165) is 0 Å². The van der Waals surface area contributed by atoms with E-state index < -0.39 is 11.2 Å². The molecule has 1 rings (SSSR count). The molecule has 1 aromatic heterocycles. The first-order valence-electron chi connectivity index (χ1n) is 5.89. The van der Waals surface area contributed by atoms with Crippen LogP contribution in [0.15, 0.2) is 4.52 Å². The van der Waals surface area contributed by atoms with E-state index in [4.69, 9.17) is 9.63 Å². The van der Waals surface area contributed by atoms with E-state index in [2.05, 4.69) is 10.1 Å². The summed E-state index contributed by atoms with van der Waals surface area (Å²) in [5, 5.41) is 12.5. The van der Waals surface area contributed by atoms with Crippen molar-refractivity contribution in [3.05, 3.63) is 11.7 Å². The van der Waals surface area contributed by atoms with Crippen LogP contribution < -0.4 is 0 Å². The zero-order valence-corrected chi connectivity index (χ0v) is 12.2. The second-order valence-electron chi connectivity index (χ2n) is 5.58. The number of carboxylic acid groups (broad SMARTS) is 1. The lowest BCUT2D eigenvalue weighted by molar-refractivity contribution is -0.137. The molecule has 0 amide bonds. The molecule has 0 aliphatic heterocycles. The summed E-state index contributed by atoms with van der Waals surface area (Å²) in [7, 11) is 0. The maximum atomic E-state index is 11.0. The van der Waals surface area contributed by atoms with Gasteiger partial charge in [0, 0.05) is 5.41 Å². The molecule has 0 aliphatic carbocycles. The first-order valence-corrected chi connectivity index (χ1v) is 6.94. The maximum absolute atomic E-state index is 11.0. The van der Waals surface area contributed by atoms with Gasteiger partial charge in [-0.15, -0.1) is 11.8 Å². The summed E-state index contributed by atoms with van der Waals surface area (Å²) >= 11 is 1.33. The SMILES string of the molecule is CC(C)C(SCc1noc(C(C)(C)C)n1)C(=O)O. The molecule has 1 unspecified atom stereocenters. The van der Waals surface area contributed by atoms with Crippen LogP contribution in [0, 0.1) is 5.92 Å². The van der Waals surface area contributed by atoms with E-state index in [-0.39, 0.29) is 11.3 Å². The molecule has 0 aliphatic rings. The third-order valence-electron chi connectivity index (χ3n) is 2.35. The molecule has 18 heavy (non-hydrogen) atoms. The lowest BCUT2D eigenvalue weighted by Crippen LogP contribution is -2.22. The molecule has 102 valence electrons. The summed E-state index contributed by atoms with van der Waals surface area (Å²) in [6, 6.07) is 0. The van der Waals surface area contributed by atoms with Gasteiger partial charge in [0.05, 0.1) is 5.75 Å². The quantitative estimate of drug-likeness (QED) is 0.888. The predicted octanol–water partition coefficient (Wildman–Crippen LogP) is 2.71. The van der Waals surface area contributed by atoms with Crippen LogP contribution in [-0.4, -0.2) is 26.5 Å². The van der Waals surface area contributed by atoms with Crippen LogP contribution >= 0.6 is 11.8 Å². The van der Waals surface area contributed by atoms with Crippen molar-refractivity contribution in [1.29, 1.82) is 0 Å². The number of hydrogen-bond donors (Lipinski definition) is 1. The van der Waals surface area contributed by atoms with Crippen molar-refractivity contribution in [2.24, 2.45) is 5.92 Å². The molecule has 0 fully saturated rings. The van der Waals surface area contributed by atoms with Crippen molar-refractivity contribution in [2.75, 3.05) is 0 Å². The molecule has 0 aromatic carbocycles. The number of hydrogen-bond acceptors (Lipinski definition) is 5. The Morgan fingerprint density at radius 1 is 1.44 bits per heavy atom. The lowest BCUT2D eigenvalue weighted by Gasteiger charge is -2.14. The minimum absolute atomic E-state index is 0.0708. The van der Waals surface area contributed by atoms with Gasteiger partial charge in [0.1, 0.15) is 5.25 Å². The molecule has 0 saturated carbocycles. The Bertz CT molecular complexity index is 410. The van der Waals surface area contributed by atoms with Crippen LogP contribution in [-0.2, 0) is 16.0 Å². The van der Waals surface area contributed by atoms with Crippen molar-refractivity contribution >= 4 is 17.7 Å². The van der Waals surface area contributed by atoms with Gasteiger partial charge in [0.15, 0.2) is 5.82 Å². The average molecular weight is 272 g/mol. The Hall–Kier alpha value is -1.04. The summed E-state index contributed by atoms with van der Waals surface area (Å²) in [6.07, 6.45) is 0. The number of nitrogens with zero attached hydrogens (tertiary/aromatic N) is 2. The smallest absolute Gasteiger partial charge is 0.316 e. The second-order valence-corrected chi connectivity index (χ2v) is 6.71. The van der Waals surface area contributed by atoms with Gasteiger partial charge in [-0.3, -0.25) is 4.79 Å². The number of thioether (sulfide) groups is 1. The maximum Gasteiger partial charge on any atom is 0.316 e. The predicted molar refractivity (Wildman–Crippen MR) is 70.6 cm³/mol. The first-order chi connectivity index (χ1) is 8.21. The highest BCUT2D eigenvalue weighted by molar-refractivity contribution is 7.99. The fourth-order valence-electron chi connectivity index (χ4n) is 1.33. The highest BCUT2D eigenvalue weighted by atomic mass is 32.2. The number of aliphatic carboxylic acids is 1. The largest absolute Gasteiger partial charge is 0.480 e. The molecule has 0 bridgehead atoms. The summed E-state index contributed by atoms with van der Waals surface area (Å²) in [6.45, 7) is 9.76. The van der Waals surface area contributed by atoms with E-state index >= 15 is 0 Å². The molecule has 0 radical (unpaired) electrons. The first kappa shape index (κ1) is 15.0. The van der Waals surface area contributed by atoms with Crippen molar-refractivity contribution < 1.29 is 14.4 Å². The third kappa shape index (κ3) is 4.01. The fourth-order valence-corrected chi connectivity index (χ4v) is 2.30. The average Bonchev–Trinajstić information content (AvgIpc) is 2.64.